The number of pyridine rings is 2. The quantitative estimate of drug-likeness (QED) is 0.703. The van der Waals surface area contributed by atoms with Gasteiger partial charge in [0.1, 0.15) is 11.5 Å². The van der Waals surface area contributed by atoms with Crippen LogP contribution in [-0.2, 0) is 6.54 Å². The number of aromatic nitrogens is 2. The Labute approximate surface area is 177 Å². The number of likely N-dealkylation sites (N-methyl/N-ethyl adjacent to an activating group) is 1. The topological polar surface area (TPSA) is 56.6 Å². The van der Waals surface area contributed by atoms with Crippen molar-refractivity contribution in [3.8, 4) is 0 Å². The number of anilines is 2. The first kappa shape index (κ1) is 19.0. The molecule has 6 heteroatoms. The molecule has 0 saturated carbocycles. The first-order chi connectivity index (χ1) is 14.8. The fourth-order valence-corrected chi connectivity index (χ4v) is 4.38. The third-order valence-electron chi connectivity index (χ3n) is 6.09. The average Bonchev–Trinajstić information content (AvgIpc) is 3.20. The highest BCUT2D eigenvalue weighted by Gasteiger charge is 2.17. The Hall–Kier alpha value is -2.99. The molecule has 0 radical (unpaired) electrons. The van der Waals surface area contributed by atoms with Crippen molar-refractivity contribution < 1.29 is 0 Å². The lowest BCUT2D eigenvalue weighted by Gasteiger charge is -2.29. The molecular formula is C24H28N6. The van der Waals surface area contributed by atoms with Crippen LogP contribution < -0.4 is 10.2 Å². The van der Waals surface area contributed by atoms with Gasteiger partial charge in [-0.05, 0) is 61.6 Å². The van der Waals surface area contributed by atoms with Gasteiger partial charge >= 0.3 is 0 Å². The van der Waals surface area contributed by atoms with Crippen molar-refractivity contribution in [3.05, 3.63) is 60.0 Å². The van der Waals surface area contributed by atoms with Crippen molar-refractivity contribution in [2.75, 3.05) is 43.4 Å². The fourth-order valence-electron chi connectivity index (χ4n) is 4.38. The summed E-state index contributed by atoms with van der Waals surface area (Å²) in [7, 11) is 2.15. The summed E-state index contributed by atoms with van der Waals surface area (Å²) in [5.74, 6) is 1.89. The predicted molar refractivity (Wildman–Crippen MR) is 123 cm³/mol. The highest BCUT2D eigenvalue weighted by Crippen LogP contribution is 2.27. The Morgan fingerprint density at radius 1 is 1.03 bits per heavy atom. The molecule has 0 spiro atoms. The van der Waals surface area contributed by atoms with Gasteiger partial charge in [0.2, 0.25) is 0 Å². The molecule has 0 unspecified atom stereocenters. The van der Waals surface area contributed by atoms with E-state index in [9.17, 15) is 0 Å². The maximum Gasteiger partial charge on any atom is 0.152 e. The van der Waals surface area contributed by atoms with Gasteiger partial charge < -0.3 is 15.1 Å². The van der Waals surface area contributed by atoms with Gasteiger partial charge in [-0.2, -0.15) is 0 Å². The summed E-state index contributed by atoms with van der Waals surface area (Å²) in [5, 5.41) is 5.81. The third kappa shape index (κ3) is 3.87. The zero-order valence-corrected chi connectivity index (χ0v) is 17.5. The molecule has 6 nitrogen and oxygen atoms in total. The molecule has 3 aromatic rings. The third-order valence-corrected chi connectivity index (χ3v) is 6.09. The number of benzene rings is 1. The number of hydrogen-bond acceptors (Lipinski definition) is 6. The highest BCUT2D eigenvalue weighted by molar-refractivity contribution is 6.10. The lowest BCUT2D eigenvalue weighted by Crippen LogP contribution is -2.36. The standard InChI is InChI=1S/C24H28N6/c1-29(14-15-30-12-3-2-4-13-30)24-21-8-7-20(16-18(21)9-11-26-24)28-23-22-19(17-27-23)6-5-10-25-22/h5-11,16H,2-4,12-15,17H2,1H3,(H,27,28). The van der Waals surface area contributed by atoms with Gasteiger partial charge in [0.15, 0.2) is 5.84 Å². The van der Waals surface area contributed by atoms with Crippen molar-refractivity contribution in [2.45, 2.75) is 25.8 Å². The van der Waals surface area contributed by atoms with E-state index in [2.05, 4.69) is 67.5 Å². The molecule has 1 aromatic carbocycles. The summed E-state index contributed by atoms with van der Waals surface area (Å²) in [6.45, 7) is 5.24. The van der Waals surface area contributed by atoms with E-state index in [0.717, 1.165) is 36.1 Å². The van der Waals surface area contributed by atoms with Crippen LogP contribution in [0.15, 0.2) is 53.8 Å². The van der Waals surface area contributed by atoms with E-state index in [0.29, 0.717) is 6.54 Å². The first-order valence-electron chi connectivity index (χ1n) is 10.9. The van der Waals surface area contributed by atoms with E-state index in [4.69, 9.17) is 0 Å². The molecule has 1 fully saturated rings. The van der Waals surface area contributed by atoms with Crippen molar-refractivity contribution in [3.63, 3.8) is 0 Å². The Kier molecular flexibility index (Phi) is 5.32. The Bertz CT molecular complexity index is 1070. The van der Waals surface area contributed by atoms with E-state index in [-0.39, 0.29) is 0 Å². The van der Waals surface area contributed by atoms with Gasteiger partial charge in [0, 0.05) is 49.2 Å². The van der Waals surface area contributed by atoms with E-state index in [1.54, 1.807) is 0 Å². The maximum absolute atomic E-state index is 4.69. The van der Waals surface area contributed by atoms with Crippen molar-refractivity contribution in [1.29, 1.82) is 0 Å². The predicted octanol–water partition coefficient (Wildman–Crippen LogP) is 3.92. The van der Waals surface area contributed by atoms with Crippen LogP contribution in [0.5, 0.6) is 0 Å². The second-order valence-electron chi connectivity index (χ2n) is 8.20. The normalized spacial score (nSPS) is 16.4. The number of aliphatic imine (C=N–C) groups is 1. The second kappa shape index (κ2) is 8.40. The largest absolute Gasteiger partial charge is 0.358 e. The van der Waals surface area contributed by atoms with Gasteiger partial charge in [-0.3, -0.25) is 9.98 Å². The number of piperidine rings is 1. The first-order valence-corrected chi connectivity index (χ1v) is 10.9. The van der Waals surface area contributed by atoms with Crippen molar-refractivity contribution in [2.24, 2.45) is 4.99 Å². The van der Waals surface area contributed by atoms with Crippen molar-refractivity contribution >= 4 is 28.1 Å². The van der Waals surface area contributed by atoms with Gasteiger partial charge in [0.05, 0.1) is 6.54 Å². The minimum atomic E-state index is 0.689. The molecular weight excluding hydrogens is 372 g/mol. The Morgan fingerprint density at radius 2 is 1.93 bits per heavy atom. The molecule has 0 amide bonds. The van der Waals surface area contributed by atoms with Crippen LogP contribution in [0.2, 0.25) is 0 Å². The van der Waals surface area contributed by atoms with E-state index >= 15 is 0 Å². The van der Waals surface area contributed by atoms with E-state index in [1.807, 2.05) is 18.5 Å². The molecule has 2 aromatic heterocycles. The number of nitrogens with zero attached hydrogens (tertiary/aromatic N) is 5. The van der Waals surface area contributed by atoms with Crippen LogP contribution in [0, 0.1) is 0 Å². The van der Waals surface area contributed by atoms with E-state index < -0.39 is 0 Å². The number of rotatable bonds is 5. The van der Waals surface area contributed by atoms with Crippen LogP contribution in [0.1, 0.15) is 30.5 Å². The smallest absolute Gasteiger partial charge is 0.152 e. The number of likely N-dealkylation sites (tertiary alicyclic amines) is 1. The summed E-state index contributed by atoms with van der Waals surface area (Å²) in [6, 6.07) is 12.6. The molecule has 5 rings (SSSR count). The van der Waals surface area contributed by atoms with Crippen LogP contribution in [0.3, 0.4) is 0 Å². The second-order valence-corrected chi connectivity index (χ2v) is 8.20. The fraction of sp³-hybridized carbons (Fsp3) is 0.375. The molecule has 0 bridgehead atoms. The molecule has 2 aliphatic heterocycles. The lowest BCUT2D eigenvalue weighted by atomic mass is 10.1. The summed E-state index contributed by atoms with van der Waals surface area (Å²) >= 11 is 0. The summed E-state index contributed by atoms with van der Waals surface area (Å²) in [6.07, 6.45) is 7.76. The molecule has 30 heavy (non-hydrogen) atoms. The SMILES string of the molecule is CN(CCN1CCCCC1)c1nccc2cc(NC3=NCc4cccnc43)ccc12. The van der Waals surface area contributed by atoms with Gasteiger partial charge in [-0.15, -0.1) is 0 Å². The number of fused-ring (bicyclic) bond motifs is 2. The Morgan fingerprint density at radius 3 is 2.83 bits per heavy atom. The Balaban J connectivity index is 1.32. The van der Waals surface area contributed by atoms with E-state index in [1.165, 1.54) is 48.7 Å². The number of amidine groups is 1. The molecule has 154 valence electrons. The minimum Gasteiger partial charge on any atom is -0.358 e. The van der Waals surface area contributed by atoms with Gasteiger partial charge in [0.25, 0.3) is 0 Å². The maximum atomic E-state index is 4.69. The zero-order valence-electron chi connectivity index (χ0n) is 17.5. The monoisotopic (exact) mass is 400 g/mol. The lowest BCUT2D eigenvalue weighted by molar-refractivity contribution is 0.234. The summed E-state index contributed by atoms with van der Waals surface area (Å²) in [4.78, 5) is 18.6. The van der Waals surface area contributed by atoms with Crippen molar-refractivity contribution in [1.82, 2.24) is 14.9 Å². The van der Waals surface area contributed by atoms with Crippen LogP contribution in [-0.4, -0.2) is 53.9 Å². The van der Waals surface area contributed by atoms with Crippen LogP contribution in [0.25, 0.3) is 10.8 Å². The molecule has 0 aliphatic carbocycles. The molecule has 0 atom stereocenters. The van der Waals surface area contributed by atoms with Crippen LogP contribution >= 0.6 is 0 Å². The molecule has 4 heterocycles. The zero-order chi connectivity index (χ0) is 20.3. The molecule has 1 N–H and O–H groups in total. The highest BCUT2D eigenvalue weighted by atomic mass is 15.2. The summed E-state index contributed by atoms with van der Waals surface area (Å²) in [5.41, 5.74) is 3.14. The molecule has 1 saturated heterocycles. The number of nitrogens with one attached hydrogen (secondary N) is 1. The minimum absolute atomic E-state index is 0.689. The van der Waals surface area contributed by atoms with Gasteiger partial charge in [-0.25, -0.2) is 4.98 Å². The van der Waals surface area contributed by atoms with Gasteiger partial charge in [-0.1, -0.05) is 12.5 Å². The number of hydrogen-bond donors (Lipinski definition) is 1. The van der Waals surface area contributed by atoms with Crippen LogP contribution in [0.4, 0.5) is 11.5 Å². The average molecular weight is 401 g/mol. The molecule has 2 aliphatic rings. The summed E-state index contributed by atoms with van der Waals surface area (Å²) < 4.78 is 0.